The maximum Gasteiger partial charge on any atom is 0.417 e. The van der Waals surface area contributed by atoms with E-state index in [4.69, 9.17) is 17.3 Å². The predicted octanol–water partition coefficient (Wildman–Crippen LogP) is 2.99. The molecule has 0 heterocycles. The number of rotatable bonds is 4. The summed E-state index contributed by atoms with van der Waals surface area (Å²) < 4.78 is 38.3. The first-order chi connectivity index (χ1) is 10.0. The van der Waals surface area contributed by atoms with Crippen LogP contribution in [0.1, 0.15) is 19.4 Å². The number of alkyl halides is 3. The number of anilines is 1. The minimum atomic E-state index is -4.64. The Labute approximate surface area is 130 Å². The SMILES string of the molecule is CC(C)[C@H](NC(N)=O)C(=O)Nc1ccc(Cl)c(C(F)(F)F)c1. The Hall–Kier alpha value is -1.96. The van der Waals surface area contributed by atoms with Gasteiger partial charge in [-0.3, -0.25) is 4.79 Å². The monoisotopic (exact) mass is 337 g/mol. The third-order valence-corrected chi connectivity index (χ3v) is 3.12. The summed E-state index contributed by atoms with van der Waals surface area (Å²) in [7, 11) is 0. The highest BCUT2D eigenvalue weighted by Crippen LogP contribution is 2.36. The minimum absolute atomic E-state index is 0.0846. The first-order valence-electron chi connectivity index (χ1n) is 6.26. The van der Waals surface area contributed by atoms with Gasteiger partial charge in [-0.1, -0.05) is 25.4 Å². The number of hydrogen-bond acceptors (Lipinski definition) is 2. The van der Waals surface area contributed by atoms with Crippen molar-refractivity contribution in [1.29, 1.82) is 0 Å². The highest BCUT2D eigenvalue weighted by molar-refractivity contribution is 6.31. The summed E-state index contributed by atoms with van der Waals surface area (Å²) in [6, 6.07) is 1.12. The number of urea groups is 1. The molecule has 22 heavy (non-hydrogen) atoms. The van der Waals surface area contributed by atoms with Crippen molar-refractivity contribution in [2.45, 2.75) is 26.1 Å². The van der Waals surface area contributed by atoms with Gasteiger partial charge >= 0.3 is 12.2 Å². The molecule has 0 bridgehead atoms. The number of halogens is 4. The molecule has 0 saturated heterocycles. The van der Waals surface area contributed by atoms with Crippen LogP contribution in [0.4, 0.5) is 23.7 Å². The summed E-state index contributed by atoms with van der Waals surface area (Å²) in [6.45, 7) is 3.31. The fourth-order valence-electron chi connectivity index (χ4n) is 1.73. The second-order valence-electron chi connectivity index (χ2n) is 4.91. The molecule has 9 heteroatoms. The quantitative estimate of drug-likeness (QED) is 0.789. The summed E-state index contributed by atoms with van der Waals surface area (Å²) in [5.41, 5.74) is 3.82. The van der Waals surface area contributed by atoms with E-state index < -0.39 is 34.7 Å². The van der Waals surface area contributed by atoms with E-state index in [-0.39, 0.29) is 11.6 Å². The van der Waals surface area contributed by atoms with Gasteiger partial charge in [0, 0.05) is 5.69 Å². The zero-order chi connectivity index (χ0) is 17.1. The zero-order valence-corrected chi connectivity index (χ0v) is 12.5. The third kappa shape index (κ3) is 4.80. The van der Waals surface area contributed by atoms with Crippen LogP contribution in [0.15, 0.2) is 18.2 Å². The van der Waals surface area contributed by atoms with E-state index in [1.165, 1.54) is 6.07 Å². The molecule has 0 fully saturated rings. The lowest BCUT2D eigenvalue weighted by molar-refractivity contribution is -0.137. The lowest BCUT2D eigenvalue weighted by Crippen LogP contribution is -2.49. The summed E-state index contributed by atoms with van der Waals surface area (Å²) in [6.07, 6.45) is -4.64. The van der Waals surface area contributed by atoms with Crippen molar-refractivity contribution in [3.63, 3.8) is 0 Å². The average Bonchev–Trinajstić information content (AvgIpc) is 2.36. The van der Waals surface area contributed by atoms with Gasteiger partial charge in [0.1, 0.15) is 6.04 Å². The molecule has 122 valence electrons. The van der Waals surface area contributed by atoms with Crippen LogP contribution < -0.4 is 16.4 Å². The standard InChI is InChI=1S/C13H15ClF3N3O2/c1-6(2)10(20-12(18)22)11(21)19-7-3-4-9(14)8(5-7)13(15,16)17/h3-6,10H,1-2H3,(H,19,21)(H3,18,20,22)/t10-/m0/s1. The van der Waals surface area contributed by atoms with E-state index >= 15 is 0 Å². The first kappa shape index (κ1) is 18.1. The molecule has 1 rings (SSSR count). The van der Waals surface area contributed by atoms with E-state index in [9.17, 15) is 22.8 Å². The Morgan fingerprint density at radius 1 is 1.27 bits per heavy atom. The zero-order valence-electron chi connectivity index (χ0n) is 11.8. The molecular weight excluding hydrogens is 323 g/mol. The lowest BCUT2D eigenvalue weighted by atomic mass is 10.0. The number of carbonyl (C=O) groups is 2. The van der Waals surface area contributed by atoms with Crippen molar-refractivity contribution in [2.24, 2.45) is 11.7 Å². The predicted molar refractivity (Wildman–Crippen MR) is 76.4 cm³/mol. The smallest absolute Gasteiger partial charge is 0.352 e. The molecule has 0 aromatic heterocycles. The highest BCUT2D eigenvalue weighted by Gasteiger charge is 2.33. The van der Waals surface area contributed by atoms with Crippen LogP contribution in [0.3, 0.4) is 0 Å². The molecule has 0 unspecified atom stereocenters. The fraction of sp³-hybridized carbons (Fsp3) is 0.385. The molecule has 1 atom stereocenters. The van der Waals surface area contributed by atoms with E-state index in [1.54, 1.807) is 13.8 Å². The van der Waals surface area contributed by atoms with E-state index in [0.717, 1.165) is 12.1 Å². The van der Waals surface area contributed by atoms with Gasteiger partial charge < -0.3 is 16.4 Å². The molecule has 0 saturated carbocycles. The highest BCUT2D eigenvalue weighted by atomic mass is 35.5. The van der Waals surface area contributed by atoms with E-state index in [2.05, 4.69) is 10.6 Å². The molecule has 4 N–H and O–H groups in total. The third-order valence-electron chi connectivity index (χ3n) is 2.79. The Kier molecular flexibility index (Phi) is 5.65. The van der Waals surface area contributed by atoms with Crippen molar-refractivity contribution in [1.82, 2.24) is 5.32 Å². The Morgan fingerprint density at radius 3 is 2.32 bits per heavy atom. The van der Waals surface area contributed by atoms with Crippen molar-refractivity contribution in [2.75, 3.05) is 5.32 Å². The molecular formula is C13H15ClF3N3O2. The van der Waals surface area contributed by atoms with Gasteiger partial charge in [0.05, 0.1) is 10.6 Å². The molecule has 0 spiro atoms. The van der Waals surface area contributed by atoms with Gasteiger partial charge in [0.2, 0.25) is 5.91 Å². The molecule has 0 aliphatic heterocycles. The molecule has 1 aromatic rings. The first-order valence-corrected chi connectivity index (χ1v) is 6.63. The summed E-state index contributed by atoms with van der Waals surface area (Å²) >= 11 is 5.49. The van der Waals surface area contributed by atoms with Gasteiger partial charge in [-0.05, 0) is 24.1 Å². The molecule has 0 aliphatic carbocycles. The maximum atomic E-state index is 12.8. The molecule has 0 radical (unpaired) electrons. The topological polar surface area (TPSA) is 84.2 Å². The Morgan fingerprint density at radius 2 is 1.86 bits per heavy atom. The fourth-order valence-corrected chi connectivity index (χ4v) is 1.95. The van der Waals surface area contributed by atoms with Crippen LogP contribution >= 0.6 is 11.6 Å². The number of nitrogens with two attached hydrogens (primary N) is 1. The van der Waals surface area contributed by atoms with Crippen molar-refractivity contribution < 1.29 is 22.8 Å². The van der Waals surface area contributed by atoms with Crippen molar-refractivity contribution in [3.8, 4) is 0 Å². The van der Waals surface area contributed by atoms with Gasteiger partial charge in [-0.15, -0.1) is 0 Å². The summed E-state index contributed by atoms with van der Waals surface area (Å²) in [5, 5.41) is 4.06. The molecule has 1 aromatic carbocycles. The number of primary amides is 1. The van der Waals surface area contributed by atoms with Gasteiger partial charge in [0.25, 0.3) is 0 Å². The number of amides is 3. The average molecular weight is 338 g/mol. The van der Waals surface area contributed by atoms with E-state index in [0.29, 0.717) is 0 Å². The van der Waals surface area contributed by atoms with Crippen LogP contribution in [0, 0.1) is 5.92 Å². The van der Waals surface area contributed by atoms with Gasteiger partial charge in [-0.25, -0.2) is 4.79 Å². The normalized spacial score (nSPS) is 12.9. The van der Waals surface area contributed by atoms with Gasteiger partial charge in [-0.2, -0.15) is 13.2 Å². The second-order valence-corrected chi connectivity index (χ2v) is 5.32. The largest absolute Gasteiger partial charge is 0.417 e. The van der Waals surface area contributed by atoms with Crippen molar-refractivity contribution >= 4 is 29.2 Å². The number of carbonyl (C=O) groups excluding carboxylic acids is 2. The van der Waals surface area contributed by atoms with Crippen LogP contribution in [-0.2, 0) is 11.0 Å². The Bertz CT molecular complexity index is 576. The molecule has 3 amide bonds. The molecule has 0 aliphatic rings. The van der Waals surface area contributed by atoms with Crippen LogP contribution in [0.2, 0.25) is 5.02 Å². The van der Waals surface area contributed by atoms with E-state index in [1.807, 2.05) is 0 Å². The second kappa shape index (κ2) is 6.87. The molecule has 5 nitrogen and oxygen atoms in total. The minimum Gasteiger partial charge on any atom is -0.352 e. The summed E-state index contributed by atoms with van der Waals surface area (Å²) in [5.74, 6) is -0.980. The van der Waals surface area contributed by atoms with Crippen LogP contribution in [0.25, 0.3) is 0 Å². The number of benzene rings is 1. The maximum absolute atomic E-state index is 12.8. The summed E-state index contributed by atoms with van der Waals surface area (Å²) in [4.78, 5) is 22.9. The van der Waals surface area contributed by atoms with Crippen LogP contribution in [0.5, 0.6) is 0 Å². The lowest BCUT2D eigenvalue weighted by Gasteiger charge is -2.21. The van der Waals surface area contributed by atoms with Crippen molar-refractivity contribution in [3.05, 3.63) is 28.8 Å². The number of hydrogen-bond donors (Lipinski definition) is 3. The van der Waals surface area contributed by atoms with Gasteiger partial charge in [0.15, 0.2) is 0 Å². The van der Waals surface area contributed by atoms with Crippen LogP contribution in [-0.4, -0.2) is 18.0 Å². The Balaban J connectivity index is 2.99. The number of nitrogens with one attached hydrogen (secondary N) is 2.